The van der Waals surface area contributed by atoms with E-state index < -0.39 is 8.88 Å². The Morgan fingerprint density at radius 1 is 0.459 bits per heavy atom. The molecule has 0 bridgehead atoms. The number of para-hydroxylation sites is 6. The van der Waals surface area contributed by atoms with Crippen LogP contribution in [0.5, 0.6) is 11.5 Å². The van der Waals surface area contributed by atoms with Gasteiger partial charge in [-0.15, -0.1) is 0 Å². The molecule has 0 aliphatic carbocycles. The average Bonchev–Trinajstić information content (AvgIpc) is 3.45. The maximum absolute atomic E-state index is 7.00. The molecular formula is C30H20N4O2Si. The van der Waals surface area contributed by atoms with Gasteiger partial charge in [0.25, 0.3) is 0 Å². The first kappa shape index (κ1) is 20.3. The third-order valence-electron chi connectivity index (χ3n) is 7.00. The second-order valence-corrected chi connectivity index (χ2v) is 11.5. The van der Waals surface area contributed by atoms with Gasteiger partial charge in [0.1, 0.15) is 11.5 Å². The minimum atomic E-state index is -3.44. The van der Waals surface area contributed by atoms with E-state index in [0.29, 0.717) is 0 Å². The van der Waals surface area contributed by atoms with Crippen LogP contribution in [-0.4, -0.2) is 18.9 Å². The third kappa shape index (κ3) is 2.80. The van der Waals surface area contributed by atoms with Gasteiger partial charge in [-0.25, -0.2) is 0 Å². The molecule has 4 aromatic carbocycles. The number of anilines is 4. The maximum Gasteiger partial charge on any atom is 0.734 e. The molecule has 37 heavy (non-hydrogen) atoms. The lowest BCUT2D eigenvalue weighted by molar-refractivity contribution is 0.414. The molecule has 2 aliphatic heterocycles. The van der Waals surface area contributed by atoms with Gasteiger partial charge in [-0.1, -0.05) is 60.7 Å². The summed E-state index contributed by atoms with van der Waals surface area (Å²) in [7, 11) is -3.44. The highest BCUT2D eigenvalue weighted by Gasteiger charge is 2.68. The Morgan fingerprint density at radius 2 is 0.892 bits per heavy atom. The SMILES string of the molecule is c1ccc2c(c1)O[Si]1(Oc3ccccc3N1c1ccnc3ccccc13)N2c1ccnc2ccccc12. The summed E-state index contributed by atoms with van der Waals surface area (Å²) in [4.78, 5) is 9.25. The molecule has 0 fully saturated rings. The fourth-order valence-corrected chi connectivity index (χ4v) is 8.97. The number of nitrogens with zero attached hydrogens (tertiary/aromatic N) is 4. The van der Waals surface area contributed by atoms with E-state index in [-0.39, 0.29) is 0 Å². The Kier molecular flexibility index (Phi) is 4.15. The molecule has 0 N–H and O–H groups in total. The van der Waals surface area contributed by atoms with Crippen LogP contribution in [0.3, 0.4) is 0 Å². The molecule has 2 aromatic heterocycles. The quantitative estimate of drug-likeness (QED) is 0.241. The molecule has 0 saturated heterocycles. The van der Waals surface area contributed by atoms with Gasteiger partial charge < -0.3 is 8.85 Å². The number of pyridine rings is 2. The molecule has 8 rings (SSSR count). The summed E-state index contributed by atoms with van der Waals surface area (Å²) in [6.07, 6.45) is 3.71. The summed E-state index contributed by atoms with van der Waals surface area (Å²) < 4.78 is 18.6. The first-order valence-electron chi connectivity index (χ1n) is 12.2. The highest BCUT2D eigenvalue weighted by atomic mass is 28.4. The lowest BCUT2D eigenvalue weighted by atomic mass is 10.2. The molecule has 0 amide bonds. The summed E-state index contributed by atoms with van der Waals surface area (Å²) in [5.41, 5.74) is 5.79. The van der Waals surface area contributed by atoms with Crippen molar-refractivity contribution in [3.05, 3.63) is 122 Å². The monoisotopic (exact) mass is 496 g/mol. The number of benzene rings is 4. The van der Waals surface area contributed by atoms with Gasteiger partial charge in [0.2, 0.25) is 0 Å². The summed E-state index contributed by atoms with van der Waals surface area (Å²) >= 11 is 0. The van der Waals surface area contributed by atoms with Gasteiger partial charge in [0.05, 0.1) is 33.8 Å². The van der Waals surface area contributed by atoms with Gasteiger partial charge in [-0.3, -0.25) is 19.1 Å². The number of rotatable bonds is 2. The Hall–Kier alpha value is -4.88. The molecule has 1 spiro atoms. The molecule has 6 nitrogen and oxygen atoms in total. The number of hydrogen-bond acceptors (Lipinski definition) is 6. The highest BCUT2D eigenvalue weighted by molar-refractivity contribution is 6.82. The molecule has 0 saturated carbocycles. The Bertz CT molecular complexity index is 1700. The Morgan fingerprint density at radius 3 is 1.41 bits per heavy atom. The fourth-order valence-electron chi connectivity index (χ4n) is 5.47. The van der Waals surface area contributed by atoms with Crippen molar-refractivity contribution < 1.29 is 8.85 Å². The highest BCUT2D eigenvalue weighted by Crippen LogP contribution is 2.55. The van der Waals surface area contributed by atoms with E-state index in [9.17, 15) is 0 Å². The smallest absolute Gasteiger partial charge is 0.478 e. The summed E-state index contributed by atoms with van der Waals surface area (Å²) in [6, 6.07) is 36.8. The van der Waals surface area contributed by atoms with E-state index in [0.717, 1.165) is 56.1 Å². The lowest BCUT2D eigenvalue weighted by Gasteiger charge is -2.36. The van der Waals surface area contributed by atoms with Gasteiger partial charge in [0, 0.05) is 23.2 Å². The van der Waals surface area contributed by atoms with Crippen molar-refractivity contribution in [1.82, 2.24) is 9.97 Å². The summed E-state index contributed by atoms with van der Waals surface area (Å²) in [5.74, 6) is 1.59. The zero-order valence-corrected chi connectivity index (χ0v) is 20.7. The van der Waals surface area contributed by atoms with E-state index in [1.54, 1.807) is 0 Å². The molecule has 176 valence electrons. The van der Waals surface area contributed by atoms with Crippen molar-refractivity contribution in [3.63, 3.8) is 0 Å². The normalized spacial score (nSPS) is 15.0. The second kappa shape index (κ2) is 7.56. The van der Waals surface area contributed by atoms with Crippen molar-refractivity contribution in [3.8, 4) is 11.5 Å². The van der Waals surface area contributed by atoms with Gasteiger partial charge in [-0.2, -0.15) is 0 Å². The predicted molar refractivity (Wildman–Crippen MR) is 148 cm³/mol. The molecule has 4 heterocycles. The molecule has 0 atom stereocenters. The topological polar surface area (TPSA) is 50.7 Å². The average molecular weight is 497 g/mol. The van der Waals surface area contributed by atoms with Crippen molar-refractivity contribution in [2.45, 2.75) is 0 Å². The number of aromatic nitrogens is 2. The van der Waals surface area contributed by atoms with Crippen LogP contribution in [0.2, 0.25) is 0 Å². The van der Waals surface area contributed by atoms with Crippen LogP contribution in [0.15, 0.2) is 122 Å². The minimum absolute atomic E-state index is 0.797. The van der Waals surface area contributed by atoms with Gasteiger partial charge in [-0.05, 0) is 48.5 Å². The van der Waals surface area contributed by atoms with Crippen molar-refractivity contribution in [2.24, 2.45) is 0 Å². The van der Waals surface area contributed by atoms with Crippen LogP contribution in [0.25, 0.3) is 21.8 Å². The predicted octanol–water partition coefficient (Wildman–Crippen LogP) is 6.98. The van der Waals surface area contributed by atoms with Gasteiger partial charge in [0.15, 0.2) is 0 Å². The Balaban J connectivity index is 1.46. The molecule has 0 radical (unpaired) electrons. The van der Waals surface area contributed by atoms with Crippen molar-refractivity contribution in [1.29, 1.82) is 0 Å². The van der Waals surface area contributed by atoms with Crippen LogP contribution >= 0.6 is 0 Å². The van der Waals surface area contributed by atoms with Gasteiger partial charge >= 0.3 is 8.88 Å². The molecular weight excluding hydrogens is 476 g/mol. The fraction of sp³-hybridized carbons (Fsp3) is 0. The first-order valence-corrected chi connectivity index (χ1v) is 13.9. The van der Waals surface area contributed by atoms with Crippen molar-refractivity contribution in [2.75, 3.05) is 9.13 Å². The molecule has 2 aliphatic rings. The zero-order chi connectivity index (χ0) is 24.4. The van der Waals surface area contributed by atoms with E-state index in [2.05, 4.69) is 55.5 Å². The van der Waals surface area contributed by atoms with E-state index in [4.69, 9.17) is 8.85 Å². The zero-order valence-electron chi connectivity index (χ0n) is 19.7. The summed E-state index contributed by atoms with van der Waals surface area (Å²) in [6.45, 7) is 0. The third-order valence-corrected chi connectivity index (χ3v) is 10.1. The first-order chi connectivity index (χ1) is 18.3. The molecule has 7 heteroatoms. The minimum Gasteiger partial charge on any atom is -0.478 e. The Labute approximate surface area is 214 Å². The number of hydrogen-bond donors (Lipinski definition) is 0. The van der Waals surface area contributed by atoms with Crippen LogP contribution in [0.1, 0.15) is 0 Å². The van der Waals surface area contributed by atoms with Crippen LogP contribution in [0, 0.1) is 0 Å². The largest absolute Gasteiger partial charge is 0.734 e. The van der Waals surface area contributed by atoms with Crippen LogP contribution in [-0.2, 0) is 0 Å². The van der Waals surface area contributed by atoms with Crippen LogP contribution < -0.4 is 18.0 Å². The van der Waals surface area contributed by atoms with E-state index in [1.807, 2.05) is 85.2 Å². The van der Waals surface area contributed by atoms with E-state index >= 15 is 0 Å². The molecule has 6 aromatic rings. The van der Waals surface area contributed by atoms with Crippen molar-refractivity contribution >= 4 is 53.4 Å². The van der Waals surface area contributed by atoms with E-state index in [1.165, 1.54) is 0 Å². The maximum atomic E-state index is 7.00. The number of fused-ring (bicyclic) bond motifs is 4. The standard InChI is InChI=1S/C30H20N4O2Si/c1-3-11-23-21(9-1)25(17-19-31-23)33-27-13-5-7-15-29(27)35-37(33)34(28-14-6-8-16-30(28)36-37)26-18-20-32-24-12-4-2-10-22(24)26/h1-20H. The molecule has 0 unspecified atom stereocenters. The lowest BCUT2D eigenvalue weighted by Crippen LogP contribution is -2.67. The van der Waals surface area contributed by atoms with Crippen LogP contribution in [0.4, 0.5) is 22.7 Å². The second-order valence-electron chi connectivity index (χ2n) is 9.05. The summed E-state index contributed by atoms with van der Waals surface area (Å²) in [5, 5.41) is 2.08.